The number of aliphatic hydroxyl groups is 1. The highest BCUT2D eigenvalue weighted by atomic mass is 35.5. The number of aliphatic hydroxyl groups excluding tert-OH is 1. The van der Waals surface area contributed by atoms with Crippen LogP contribution >= 0.6 is 11.6 Å². The van der Waals surface area contributed by atoms with Crippen LogP contribution in [-0.4, -0.2) is 73.4 Å². The second-order valence-electron chi connectivity index (χ2n) is 9.94. The molecule has 0 aliphatic carbocycles. The van der Waals surface area contributed by atoms with Crippen molar-refractivity contribution in [2.75, 3.05) is 50.9 Å². The number of halogens is 1. The molecular weight excluding hydrogens is 476 g/mol. The summed E-state index contributed by atoms with van der Waals surface area (Å²) in [5.41, 5.74) is 2.16. The zero-order chi connectivity index (χ0) is 25.6. The Bertz CT molecular complexity index is 782. The molecule has 2 heterocycles. The van der Waals surface area contributed by atoms with E-state index in [0.29, 0.717) is 13.0 Å². The molecule has 0 radical (unpaired) electrons. The van der Waals surface area contributed by atoms with Gasteiger partial charge in [-0.15, -0.1) is 11.6 Å². The third-order valence-electron chi connectivity index (χ3n) is 7.22. The standard InChI is InChI=1S/C29H45ClN2O4/c1-2-3-6-10-28(33)24-12-14-25(15-13-24)32-17-16-26(30)27(32)9-7-4-5-8-11-29(34)36-23-20-31-18-21-35-22-19-31/h4,7,12-15,26-28,33H,2-3,5-6,8-11,16-23H2,1H3/b7-4+/t26-,27+,28?/m1/s1. The number of morpholine rings is 1. The van der Waals surface area contributed by atoms with Gasteiger partial charge in [-0.05, 0) is 49.8 Å². The summed E-state index contributed by atoms with van der Waals surface area (Å²) in [5.74, 6) is -0.113. The lowest BCUT2D eigenvalue weighted by molar-refractivity contribution is -0.144. The Morgan fingerprint density at radius 3 is 2.69 bits per heavy atom. The molecule has 2 fully saturated rings. The number of carbonyl (C=O) groups is 1. The third kappa shape index (κ3) is 9.70. The normalized spacial score (nSPS) is 21.8. The Labute approximate surface area is 222 Å². The SMILES string of the molecule is CCCCCC(O)c1ccc(N2CC[C@@H](Cl)[C@@H]2C/C=C/CCCC(=O)OCCN2CCOCC2)cc1. The molecule has 0 saturated carbocycles. The number of carbonyl (C=O) groups excluding carboxylic acids is 1. The molecule has 3 rings (SSSR count). The average Bonchev–Trinajstić information content (AvgIpc) is 3.27. The summed E-state index contributed by atoms with van der Waals surface area (Å²) in [5, 5.41) is 10.6. The number of esters is 1. The first kappa shape index (κ1) is 29.0. The Morgan fingerprint density at radius 1 is 1.17 bits per heavy atom. The molecule has 1 aromatic rings. The van der Waals surface area contributed by atoms with Crippen LogP contribution in [0.5, 0.6) is 0 Å². The summed E-state index contributed by atoms with van der Waals surface area (Å²) in [4.78, 5) is 16.6. The minimum atomic E-state index is -0.384. The molecule has 1 aromatic carbocycles. The Hall–Kier alpha value is -1.60. The van der Waals surface area contributed by atoms with E-state index in [2.05, 4.69) is 53.1 Å². The largest absolute Gasteiger partial charge is 0.464 e. The van der Waals surface area contributed by atoms with Crippen LogP contribution in [0.15, 0.2) is 36.4 Å². The summed E-state index contributed by atoms with van der Waals surface area (Å²) in [6.07, 6.45) is 12.2. The molecule has 6 nitrogen and oxygen atoms in total. The fourth-order valence-corrected chi connectivity index (χ4v) is 5.29. The lowest BCUT2D eigenvalue weighted by Gasteiger charge is -2.28. The summed E-state index contributed by atoms with van der Waals surface area (Å²) < 4.78 is 10.7. The highest BCUT2D eigenvalue weighted by molar-refractivity contribution is 6.21. The zero-order valence-corrected chi connectivity index (χ0v) is 22.7. The van der Waals surface area contributed by atoms with Crippen LogP contribution in [0.3, 0.4) is 0 Å². The van der Waals surface area contributed by atoms with Crippen LogP contribution in [0.4, 0.5) is 5.69 Å². The van der Waals surface area contributed by atoms with E-state index in [-0.39, 0.29) is 23.5 Å². The number of hydrogen-bond donors (Lipinski definition) is 1. The van der Waals surface area contributed by atoms with E-state index < -0.39 is 0 Å². The summed E-state index contributed by atoms with van der Waals surface area (Å²) in [7, 11) is 0. The molecule has 1 unspecified atom stereocenters. The highest BCUT2D eigenvalue weighted by Crippen LogP contribution is 2.32. The maximum atomic E-state index is 12.0. The van der Waals surface area contributed by atoms with E-state index in [9.17, 15) is 9.90 Å². The van der Waals surface area contributed by atoms with Gasteiger partial charge < -0.3 is 19.5 Å². The average molecular weight is 521 g/mol. The van der Waals surface area contributed by atoms with Gasteiger partial charge in [0.2, 0.25) is 0 Å². The number of allylic oxidation sites excluding steroid dienone is 1. The monoisotopic (exact) mass is 520 g/mol. The van der Waals surface area contributed by atoms with E-state index in [0.717, 1.165) is 96.3 Å². The molecule has 0 aromatic heterocycles. The van der Waals surface area contributed by atoms with Crippen molar-refractivity contribution in [2.45, 2.75) is 82.2 Å². The van der Waals surface area contributed by atoms with Crippen molar-refractivity contribution in [3.8, 4) is 0 Å². The molecule has 1 N–H and O–H groups in total. The van der Waals surface area contributed by atoms with Crippen LogP contribution < -0.4 is 4.90 Å². The van der Waals surface area contributed by atoms with Crippen molar-refractivity contribution in [1.82, 2.24) is 4.90 Å². The molecule has 2 aliphatic heterocycles. The van der Waals surface area contributed by atoms with Gasteiger partial charge in [0.05, 0.1) is 24.7 Å². The van der Waals surface area contributed by atoms with Gasteiger partial charge in [-0.25, -0.2) is 0 Å². The molecule has 2 aliphatic rings. The van der Waals surface area contributed by atoms with Crippen molar-refractivity contribution >= 4 is 23.3 Å². The van der Waals surface area contributed by atoms with E-state index in [1.807, 2.05) is 0 Å². The van der Waals surface area contributed by atoms with Crippen LogP contribution in [0.1, 0.15) is 76.4 Å². The molecule has 36 heavy (non-hydrogen) atoms. The van der Waals surface area contributed by atoms with Crippen molar-refractivity contribution in [1.29, 1.82) is 0 Å². The third-order valence-corrected chi connectivity index (χ3v) is 7.73. The summed E-state index contributed by atoms with van der Waals surface area (Å²) in [6.45, 7) is 7.73. The van der Waals surface area contributed by atoms with Crippen LogP contribution in [0, 0.1) is 0 Å². The molecule has 2 saturated heterocycles. The lowest BCUT2D eigenvalue weighted by Crippen LogP contribution is -2.38. The van der Waals surface area contributed by atoms with Gasteiger partial charge in [0.25, 0.3) is 0 Å². The van der Waals surface area contributed by atoms with Crippen molar-refractivity contribution in [3.63, 3.8) is 0 Å². The number of hydrogen-bond acceptors (Lipinski definition) is 6. The highest BCUT2D eigenvalue weighted by Gasteiger charge is 2.32. The molecule has 202 valence electrons. The predicted molar refractivity (Wildman–Crippen MR) is 147 cm³/mol. The zero-order valence-electron chi connectivity index (χ0n) is 22.0. The Kier molecular flexibility index (Phi) is 13.1. The predicted octanol–water partition coefficient (Wildman–Crippen LogP) is 5.48. The van der Waals surface area contributed by atoms with Gasteiger partial charge >= 0.3 is 5.97 Å². The summed E-state index contributed by atoms with van der Waals surface area (Å²) >= 11 is 6.67. The molecule has 7 heteroatoms. The number of alkyl halides is 1. The van der Waals surface area contributed by atoms with Gasteiger partial charge in [-0.2, -0.15) is 0 Å². The number of ether oxygens (including phenoxy) is 2. The maximum Gasteiger partial charge on any atom is 0.305 e. The van der Waals surface area contributed by atoms with E-state index in [1.165, 1.54) is 5.69 Å². The first-order chi connectivity index (χ1) is 17.6. The molecule has 0 amide bonds. The van der Waals surface area contributed by atoms with E-state index in [4.69, 9.17) is 21.1 Å². The van der Waals surface area contributed by atoms with E-state index >= 15 is 0 Å². The number of nitrogens with zero attached hydrogens (tertiary/aromatic N) is 2. The van der Waals surface area contributed by atoms with Gasteiger partial charge in [-0.1, -0.05) is 50.5 Å². The minimum absolute atomic E-state index is 0.113. The first-order valence-corrected chi connectivity index (χ1v) is 14.3. The van der Waals surface area contributed by atoms with Crippen LogP contribution in [0.25, 0.3) is 0 Å². The van der Waals surface area contributed by atoms with Gasteiger partial charge in [0, 0.05) is 44.3 Å². The molecule has 0 spiro atoms. The summed E-state index contributed by atoms with van der Waals surface area (Å²) in [6, 6.07) is 8.61. The second-order valence-corrected chi connectivity index (χ2v) is 10.5. The number of unbranched alkanes of at least 4 members (excludes halogenated alkanes) is 3. The number of rotatable bonds is 15. The van der Waals surface area contributed by atoms with Crippen LogP contribution in [0.2, 0.25) is 0 Å². The second kappa shape index (κ2) is 16.3. The van der Waals surface area contributed by atoms with Gasteiger partial charge in [-0.3, -0.25) is 9.69 Å². The fraction of sp³-hybridized carbons (Fsp3) is 0.690. The smallest absolute Gasteiger partial charge is 0.305 e. The number of anilines is 1. The molecule has 3 atom stereocenters. The van der Waals surface area contributed by atoms with Crippen molar-refractivity contribution in [3.05, 3.63) is 42.0 Å². The number of benzene rings is 1. The quantitative estimate of drug-likeness (QED) is 0.143. The minimum Gasteiger partial charge on any atom is -0.464 e. The van der Waals surface area contributed by atoms with E-state index in [1.54, 1.807) is 0 Å². The molecular formula is C29H45ClN2O4. The fourth-order valence-electron chi connectivity index (χ4n) is 4.96. The van der Waals surface area contributed by atoms with Crippen LogP contribution in [-0.2, 0) is 14.3 Å². The lowest BCUT2D eigenvalue weighted by atomic mass is 10.0. The Balaban J connectivity index is 1.34. The molecule has 0 bridgehead atoms. The Morgan fingerprint density at radius 2 is 1.94 bits per heavy atom. The van der Waals surface area contributed by atoms with Gasteiger partial charge in [0.15, 0.2) is 0 Å². The maximum absolute atomic E-state index is 12.0. The van der Waals surface area contributed by atoms with Gasteiger partial charge in [0.1, 0.15) is 6.61 Å². The van der Waals surface area contributed by atoms with Crippen molar-refractivity contribution in [2.24, 2.45) is 0 Å². The van der Waals surface area contributed by atoms with Crippen molar-refractivity contribution < 1.29 is 19.4 Å². The first-order valence-electron chi connectivity index (χ1n) is 13.9. The topological polar surface area (TPSA) is 62.2 Å².